The Morgan fingerprint density at radius 3 is 2.83 bits per heavy atom. The Balaban J connectivity index is 2.92. The Morgan fingerprint density at radius 2 is 2.08 bits per heavy atom. The number of fused-ring (bicyclic) bond motifs is 1. The number of halogens is 2. The molecule has 0 aliphatic rings. The van der Waals surface area contributed by atoms with Crippen molar-refractivity contribution < 1.29 is 0 Å². The molecule has 62 valence electrons. The summed E-state index contributed by atoms with van der Waals surface area (Å²) in [6, 6.07) is 0. The van der Waals surface area contributed by atoms with Gasteiger partial charge in [0.05, 0.1) is 6.33 Å². The maximum absolute atomic E-state index is 4.17. The lowest BCUT2D eigenvalue weighted by molar-refractivity contribution is 0.923. The van der Waals surface area contributed by atoms with E-state index < -0.39 is 0 Å². The van der Waals surface area contributed by atoms with Crippen molar-refractivity contribution in [3.8, 4) is 0 Å². The minimum atomic E-state index is 0.561. The lowest BCUT2D eigenvalue weighted by Crippen LogP contribution is -1.91. The molecule has 0 saturated carbocycles. The minimum Gasteiger partial charge on any atom is -0.318 e. The maximum atomic E-state index is 4.17. The van der Waals surface area contributed by atoms with E-state index in [0.29, 0.717) is 9.34 Å². The van der Waals surface area contributed by atoms with E-state index in [2.05, 4.69) is 46.8 Å². The van der Waals surface area contributed by atoms with Crippen LogP contribution in [0.4, 0.5) is 0 Å². The predicted octanol–water partition coefficient (Wildman–Crippen LogP) is 1.89. The van der Waals surface area contributed by atoms with Gasteiger partial charge in [0.2, 0.25) is 0 Å². The second kappa shape index (κ2) is 2.77. The van der Waals surface area contributed by atoms with E-state index in [9.17, 15) is 0 Å². The lowest BCUT2D eigenvalue weighted by atomic mass is 10.6. The molecular weight excluding hydrogens is 288 g/mol. The van der Waals surface area contributed by atoms with E-state index in [0.717, 1.165) is 11.2 Å². The first-order chi connectivity index (χ1) is 5.68. The highest BCUT2D eigenvalue weighted by atomic mass is 79.9. The molecule has 0 saturated heterocycles. The van der Waals surface area contributed by atoms with Gasteiger partial charge in [0.15, 0.2) is 10.4 Å². The topological polar surface area (TPSA) is 43.6 Å². The average molecular weight is 292 g/mol. The largest absolute Gasteiger partial charge is 0.318 e. The summed E-state index contributed by atoms with van der Waals surface area (Å²) >= 11 is 6.51. The Morgan fingerprint density at radius 1 is 1.33 bits per heavy atom. The zero-order valence-electron chi connectivity index (χ0n) is 6.12. The number of hydrogen-bond donors (Lipinski definition) is 0. The van der Waals surface area contributed by atoms with Crippen LogP contribution in [0.2, 0.25) is 0 Å². The number of aryl methyl sites for hydroxylation is 1. The first kappa shape index (κ1) is 8.12. The molecule has 2 aromatic heterocycles. The van der Waals surface area contributed by atoms with Crippen LogP contribution in [0.1, 0.15) is 0 Å². The SMILES string of the molecule is Cn1cnc2c(Br)nc(Br)nc21. The first-order valence-corrected chi connectivity index (χ1v) is 4.77. The standard InChI is InChI=1S/C6H4Br2N4/c1-12-2-9-3-4(7)10-6(8)11-5(3)12/h2H,1H3. The highest BCUT2D eigenvalue weighted by Gasteiger charge is 2.07. The van der Waals surface area contributed by atoms with Crippen LogP contribution in [0.15, 0.2) is 15.7 Å². The van der Waals surface area contributed by atoms with Gasteiger partial charge in [-0.3, -0.25) is 0 Å². The molecule has 0 aromatic carbocycles. The van der Waals surface area contributed by atoms with Crippen LogP contribution >= 0.6 is 31.9 Å². The number of rotatable bonds is 0. The minimum absolute atomic E-state index is 0.561. The van der Waals surface area contributed by atoms with Gasteiger partial charge < -0.3 is 4.57 Å². The van der Waals surface area contributed by atoms with Gasteiger partial charge in [-0.25, -0.2) is 15.0 Å². The Kier molecular flexibility index (Phi) is 1.88. The predicted molar refractivity (Wildman–Crippen MR) is 51.7 cm³/mol. The van der Waals surface area contributed by atoms with Gasteiger partial charge in [-0.15, -0.1) is 0 Å². The molecule has 0 radical (unpaired) electrons. The van der Waals surface area contributed by atoms with Gasteiger partial charge in [-0.2, -0.15) is 0 Å². The van der Waals surface area contributed by atoms with Gasteiger partial charge in [0.1, 0.15) is 10.1 Å². The molecule has 0 unspecified atom stereocenters. The van der Waals surface area contributed by atoms with Crippen molar-refractivity contribution in [2.75, 3.05) is 0 Å². The van der Waals surface area contributed by atoms with Gasteiger partial charge in [-0.05, 0) is 31.9 Å². The van der Waals surface area contributed by atoms with Crippen molar-refractivity contribution in [1.82, 2.24) is 19.5 Å². The third-order valence-corrected chi connectivity index (χ3v) is 2.40. The van der Waals surface area contributed by atoms with Crippen molar-refractivity contribution in [3.63, 3.8) is 0 Å². The normalized spacial score (nSPS) is 10.9. The maximum Gasteiger partial charge on any atom is 0.199 e. The summed E-state index contributed by atoms with van der Waals surface area (Å²) in [6.45, 7) is 0. The van der Waals surface area contributed by atoms with Crippen LogP contribution in [0.3, 0.4) is 0 Å². The van der Waals surface area contributed by atoms with Gasteiger partial charge >= 0.3 is 0 Å². The number of imidazole rings is 1. The summed E-state index contributed by atoms with van der Waals surface area (Å²) < 4.78 is 3.11. The summed E-state index contributed by atoms with van der Waals surface area (Å²) in [5.74, 6) is 0. The molecule has 4 nitrogen and oxygen atoms in total. The molecule has 0 aliphatic carbocycles. The molecule has 0 atom stereocenters. The zero-order valence-corrected chi connectivity index (χ0v) is 9.29. The van der Waals surface area contributed by atoms with Gasteiger partial charge in [-0.1, -0.05) is 0 Å². The zero-order chi connectivity index (χ0) is 8.72. The summed E-state index contributed by atoms with van der Waals surface area (Å²) in [6.07, 6.45) is 1.70. The van der Waals surface area contributed by atoms with Crippen molar-refractivity contribution >= 4 is 43.0 Å². The van der Waals surface area contributed by atoms with Crippen LogP contribution in [0.25, 0.3) is 11.2 Å². The average Bonchev–Trinajstić information content (AvgIpc) is 2.33. The lowest BCUT2D eigenvalue weighted by Gasteiger charge is -1.95. The van der Waals surface area contributed by atoms with E-state index in [1.807, 2.05) is 11.6 Å². The summed E-state index contributed by atoms with van der Waals surface area (Å²) in [5, 5.41) is 0. The van der Waals surface area contributed by atoms with E-state index in [1.54, 1.807) is 6.33 Å². The smallest absolute Gasteiger partial charge is 0.199 e. The molecule has 12 heavy (non-hydrogen) atoms. The third-order valence-electron chi connectivity index (χ3n) is 1.49. The summed E-state index contributed by atoms with van der Waals surface area (Å²) in [7, 11) is 1.89. The van der Waals surface area contributed by atoms with E-state index in [4.69, 9.17) is 0 Å². The molecule has 2 aromatic rings. The highest BCUT2D eigenvalue weighted by molar-refractivity contribution is 9.11. The quantitative estimate of drug-likeness (QED) is 0.550. The number of nitrogens with zero attached hydrogens (tertiary/aromatic N) is 4. The number of aromatic nitrogens is 4. The molecule has 2 rings (SSSR count). The van der Waals surface area contributed by atoms with E-state index in [1.165, 1.54) is 0 Å². The van der Waals surface area contributed by atoms with E-state index in [-0.39, 0.29) is 0 Å². The molecule has 0 spiro atoms. The summed E-state index contributed by atoms with van der Waals surface area (Å²) in [5.41, 5.74) is 1.59. The van der Waals surface area contributed by atoms with Crippen molar-refractivity contribution in [1.29, 1.82) is 0 Å². The van der Waals surface area contributed by atoms with Crippen molar-refractivity contribution in [3.05, 3.63) is 15.7 Å². The van der Waals surface area contributed by atoms with Crippen LogP contribution < -0.4 is 0 Å². The van der Waals surface area contributed by atoms with Crippen molar-refractivity contribution in [2.24, 2.45) is 7.05 Å². The molecular formula is C6H4Br2N4. The second-order valence-electron chi connectivity index (χ2n) is 2.31. The second-order valence-corrected chi connectivity index (χ2v) is 3.77. The molecule has 0 aliphatic heterocycles. The Hall–Kier alpha value is -0.490. The molecule has 6 heteroatoms. The Labute approximate surface area is 85.3 Å². The van der Waals surface area contributed by atoms with Crippen LogP contribution in [0, 0.1) is 0 Å². The monoisotopic (exact) mass is 290 g/mol. The fourth-order valence-corrected chi connectivity index (χ4v) is 1.98. The molecule has 0 amide bonds. The van der Waals surface area contributed by atoms with Crippen LogP contribution in [-0.2, 0) is 7.05 Å². The first-order valence-electron chi connectivity index (χ1n) is 3.18. The number of hydrogen-bond acceptors (Lipinski definition) is 3. The van der Waals surface area contributed by atoms with Crippen LogP contribution in [-0.4, -0.2) is 19.5 Å². The fraction of sp³-hybridized carbons (Fsp3) is 0.167. The molecule has 0 fully saturated rings. The molecule has 0 N–H and O–H groups in total. The molecule has 0 bridgehead atoms. The van der Waals surface area contributed by atoms with Gasteiger partial charge in [0.25, 0.3) is 0 Å². The van der Waals surface area contributed by atoms with E-state index >= 15 is 0 Å². The van der Waals surface area contributed by atoms with Crippen molar-refractivity contribution in [2.45, 2.75) is 0 Å². The fourth-order valence-electron chi connectivity index (χ4n) is 0.947. The van der Waals surface area contributed by atoms with Crippen LogP contribution in [0.5, 0.6) is 0 Å². The van der Waals surface area contributed by atoms with Gasteiger partial charge in [0, 0.05) is 7.05 Å². The highest BCUT2D eigenvalue weighted by Crippen LogP contribution is 2.20. The Bertz CT molecular complexity index is 436. The third kappa shape index (κ3) is 1.15. The summed E-state index contributed by atoms with van der Waals surface area (Å²) in [4.78, 5) is 12.4. The molecule has 2 heterocycles.